The highest BCUT2D eigenvalue weighted by Crippen LogP contribution is 2.25. The number of rotatable bonds is 5. The molecule has 1 atom stereocenters. The van der Waals surface area contributed by atoms with E-state index in [1.54, 1.807) is 31.2 Å². The Balaban J connectivity index is 2.06. The number of sulfonamides is 1. The van der Waals surface area contributed by atoms with E-state index < -0.39 is 21.8 Å². The Morgan fingerprint density at radius 2 is 1.79 bits per heavy atom. The van der Waals surface area contributed by atoms with Gasteiger partial charge in [0.1, 0.15) is 0 Å². The van der Waals surface area contributed by atoms with Crippen LogP contribution in [0.15, 0.2) is 29.2 Å². The van der Waals surface area contributed by atoms with E-state index in [0.29, 0.717) is 19.5 Å². The van der Waals surface area contributed by atoms with Gasteiger partial charge in [-0.3, -0.25) is 9.59 Å². The van der Waals surface area contributed by atoms with Gasteiger partial charge in [-0.1, -0.05) is 17.7 Å². The summed E-state index contributed by atoms with van der Waals surface area (Å²) in [6.07, 6.45) is 1.38. The van der Waals surface area contributed by atoms with Crippen LogP contribution in [0.5, 0.6) is 0 Å². The Kier molecular flexibility index (Phi) is 5.95. The van der Waals surface area contributed by atoms with Gasteiger partial charge in [0.2, 0.25) is 10.0 Å². The van der Waals surface area contributed by atoms with Gasteiger partial charge in [-0.2, -0.15) is 4.31 Å². The molecule has 2 amide bonds. The lowest BCUT2D eigenvalue weighted by Crippen LogP contribution is -2.46. The maximum atomic E-state index is 12.8. The van der Waals surface area contributed by atoms with Crippen molar-refractivity contribution in [2.45, 2.75) is 37.6 Å². The Hall–Kier alpha value is -1.93. The number of carbonyl (C=O) groups excluding carboxylic acids is 2. The number of hydrogen-bond donors (Lipinski definition) is 2. The van der Waals surface area contributed by atoms with Crippen molar-refractivity contribution in [1.29, 1.82) is 0 Å². The van der Waals surface area contributed by atoms with Crippen LogP contribution in [-0.2, 0) is 19.6 Å². The van der Waals surface area contributed by atoms with E-state index in [1.165, 1.54) is 4.31 Å². The molecule has 0 bridgehead atoms. The maximum absolute atomic E-state index is 12.8. The second kappa shape index (κ2) is 7.76. The zero-order valence-corrected chi connectivity index (χ0v) is 14.7. The molecular weight excluding hydrogens is 330 g/mol. The number of carbonyl (C=O) groups is 2. The third kappa shape index (κ3) is 4.12. The van der Waals surface area contributed by atoms with Crippen LogP contribution in [-0.4, -0.2) is 50.2 Å². The van der Waals surface area contributed by atoms with E-state index in [0.717, 1.165) is 12.0 Å². The summed E-state index contributed by atoms with van der Waals surface area (Å²) >= 11 is 0. The van der Waals surface area contributed by atoms with Gasteiger partial charge >= 0.3 is 11.8 Å². The van der Waals surface area contributed by atoms with Gasteiger partial charge in [0.25, 0.3) is 0 Å². The third-order valence-corrected chi connectivity index (χ3v) is 5.96. The number of likely N-dealkylation sites (N-methyl/N-ethyl adjacent to an activating group) is 1. The van der Waals surface area contributed by atoms with E-state index in [-0.39, 0.29) is 17.5 Å². The van der Waals surface area contributed by atoms with Crippen LogP contribution in [0.4, 0.5) is 0 Å². The zero-order chi connectivity index (χ0) is 17.7. The molecule has 7 nitrogen and oxygen atoms in total. The highest BCUT2D eigenvalue weighted by molar-refractivity contribution is 7.89. The van der Waals surface area contributed by atoms with E-state index in [1.807, 2.05) is 6.92 Å². The Morgan fingerprint density at radius 3 is 2.42 bits per heavy atom. The minimum atomic E-state index is -3.60. The van der Waals surface area contributed by atoms with E-state index >= 15 is 0 Å². The fourth-order valence-electron chi connectivity index (χ4n) is 2.71. The molecule has 2 N–H and O–H groups in total. The molecule has 1 heterocycles. The Bertz CT molecular complexity index is 701. The number of aryl methyl sites for hydroxylation is 1. The highest BCUT2D eigenvalue weighted by atomic mass is 32.2. The number of amides is 2. The van der Waals surface area contributed by atoms with Crippen LogP contribution in [0.25, 0.3) is 0 Å². The number of nitrogens with zero attached hydrogens (tertiary/aromatic N) is 1. The first-order valence-corrected chi connectivity index (χ1v) is 9.44. The predicted octanol–water partition coefficient (Wildman–Crippen LogP) is 0.400. The summed E-state index contributed by atoms with van der Waals surface area (Å²) in [6.45, 7) is 4.52. The fraction of sp³-hybridized carbons (Fsp3) is 0.500. The lowest BCUT2D eigenvalue weighted by molar-refractivity contribution is -0.139. The molecule has 132 valence electrons. The molecule has 1 aliphatic heterocycles. The molecule has 1 aromatic carbocycles. The molecule has 2 rings (SSSR count). The molecule has 1 fully saturated rings. The summed E-state index contributed by atoms with van der Waals surface area (Å²) < 4.78 is 27.0. The molecule has 24 heavy (non-hydrogen) atoms. The van der Waals surface area contributed by atoms with Gasteiger partial charge in [0.15, 0.2) is 0 Å². The normalized spacial score (nSPS) is 18.3. The van der Waals surface area contributed by atoms with Crippen molar-refractivity contribution < 1.29 is 18.0 Å². The first kappa shape index (κ1) is 18.4. The largest absolute Gasteiger partial charge is 0.348 e. The number of benzene rings is 1. The molecule has 1 aliphatic rings. The first-order chi connectivity index (χ1) is 11.4. The minimum Gasteiger partial charge on any atom is -0.348 e. The summed E-state index contributed by atoms with van der Waals surface area (Å²) in [5.41, 5.74) is 0.987. The topological polar surface area (TPSA) is 95.6 Å². The number of hydrogen-bond acceptors (Lipinski definition) is 4. The Morgan fingerprint density at radius 1 is 1.17 bits per heavy atom. The molecule has 1 saturated heterocycles. The van der Waals surface area contributed by atoms with Crippen LogP contribution < -0.4 is 10.6 Å². The number of nitrogens with one attached hydrogen (secondary N) is 2. The summed E-state index contributed by atoms with van der Waals surface area (Å²) in [5, 5.41) is 4.93. The quantitative estimate of drug-likeness (QED) is 0.749. The molecule has 8 heteroatoms. The SMILES string of the molecule is CCNC(=O)C(=O)NC[C@@H]1CCCN1S(=O)(=O)c1ccc(C)cc1. The average molecular weight is 353 g/mol. The van der Waals surface area contributed by atoms with Crippen LogP contribution in [0, 0.1) is 6.92 Å². The van der Waals surface area contributed by atoms with Gasteiger partial charge in [-0.05, 0) is 38.8 Å². The summed E-state index contributed by atoms with van der Waals surface area (Å²) in [4.78, 5) is 23.3. The summed E-state index contributed by atoms with van der Waals surface area (Å²) in [6, 6.07) is 6.36. The molecule has 0 aromatic heterocycles. The zero-order valence-electron chi connectivity index (χ0n) is 13.9. The molecule has 0 spiro atoms. The van der Waals surface area contributed by atoms with Crippen molar-refractivity contribution in [2.24, 2.45) is 0 Å². The van der Waals surface area contributed by atoms with Gasteiger partial charge in [0.05, 0.1) is 4.90 Å². The van der Waals surface area contributed by atoms with Crippen LogP contribution in [0.2, 0.25) is 0 Å². The standard InChI is InChI=1S/C16H23N3O4S/c1-3-17-15(20)16(21)18-11-13-5-4-10-19(13)24(22,23)14-8-6-12(2)7-9-14/h6-9,13H,3-5,10-11H2,1-2H3,(H,17,20)(H,18,21)/t13-/m0/s1. The maximum Gasteiger partial charge on any atom is 0.309 e. The lowest BCUT2D eigenvalue weighted by atomic mass is 10.2. The van der Waals surface area contributed by atoms with Crippen molar-refractivity contribution in [3.05, 3.63) is 29.8 Å². The van der Waals surface area contributed by atoms with Crippen LogP contribution >= 0.6 is 0 Å². The second-order valence-corrected chi connectivity index (χ2v) is 7.68. The molecule has 0 unspecified atom stereocenters. The lowest BCUT2D eigenvalue weighted by Gasteiger charge is -2.24. The summed E-state index contributed by atoms with van der Waals surface area (Å²) in [7, 11) is -3.60. The van der Waals surface area contributed by atoms with Gasteiger partial charge in [0, 0.05) is 25.7 Å². The minimum absolute atomic E-state index is 0.126. The molecule has 1 aromatic rings. The van der Waals surface area contributed by atoms with Crippen LogP contribution in [0.1, 0.15) is 25.3 Å². The van der Waals surface area contributed by atoms with Crippen molar-refractivity contribution >= 4 is 21.8 Å². The van der Waals surface area contributed by atoms with Crippen LogP contribution in [0.3, 0.4) is 0 Å². The molecule has 0 saturated carbocycles. The fourth-order valence-corrected chi connectivity index (χ4v) is 4.40. The highest BCUT2D eigenvalue weighted by Gasteiger charge is 2.35. The van der Waals surface area contributed by atoms with Crippen molar-refractivity contribution in [3.63, 3.8) is 0 Å². The van der Waals surface area contributed by atoms with Gasteiger partial charge < -0.3 is 10.6 Å². The van der Waals surface area contributed by atoms with Gasteiger partial charge in [-0.25, -0.2) is 8.42 Å². The van der Waals surface area contributed by atoms with E-state index in [9.17, 15) is 18.0 Å². The Labute approximate surface area is 142 Å². The second-order valence-electron chi connectivity index (χ2n) is 5.79. The molecule has 0 aliphatic carbocycles. The van der Waals surface area contributed by atoms with Gasteiger partial charge in [-0.15, -0.1) is 0 Å². The van der Waals surface area contributed by atoms with E-state index in [2.05, 4.69) is 10.6 Å². The molecular formula is C16H23N3O4S. The first-order valence-electron chi connectivity index (χ1n) is 8.00. The van der Waals surface area contributed by atoms with Crippen molar-refractivity contribution in [2.75, 3.05) is 19.6 Å². The molecule has 0 radical (unpaired) electrons. The van der Waals surface area contributed by atoms with E-state index in [4.69, 9.17) is 0 Å². The smallest absolute Gasteiger partial charge is 0.309 e. The third-order valence-electron chi connectivity index (χ3n) is 3.99. The average Bonchev–Trinajstić information content (AvgIpc) is 3.02. The monoisotopic (exact) mass is 353 g/mol. The predicted molar refractivity (Wildman–Crippen MR) is 89.8 cm³/mol. The van der Waals surface area contributed by atoms with Crippen molar-refractivity contribution in [3.8, 4) is 0 Å². The van der Waals surface area contributed by atoms with Crippen molar-refractivity contribution in [1.82, 2.24) is 14.9 Å². The summed E-state index contributed by atoms with van der Waals surface area (Å²) in [5.74, 6) is -1.44.